The van der Waals surface area contributed by atoms with Crippen LogP contribution in [0.5, 0.6) is 0 Å². The van der Waals surface area contributed by atoms with Gasteiger partial charge in [0.1, 0.15) is 13.0 Å². The summed E-state index contributed by atoms with van der Waals surface area (Å²) in [6.07, 6.45) is 5.32. The van der Waals surface area contributed by atoms with E-state index in [0.717, 1.165) is 13.2 Å². The second-order valence-corrected chi connectivity index (χ2v) is 2.05. The third-order valence-electron chi connectivity index (χ3n) is 1.26. The smallest absolute Gasteiger partial charge is 0.113 e. The van der Waals surface area contributed by atoms with Crippen LogP contribution in [0.25, 0.3) is 0 Å². The molecule has 1 aliphatic heterocycles. The lowest BCUT2D eigenvalue weighted by Gasteiger charge is -2.12. The quantitative estimate of drug-likeness (QED) is 0.537. The molecule has 0 unspecified atom stereocenters. The fourth-order valence-electron chi connectivity index (χ4n) is 0.774. The predicted molar refractivity (Wildman–Crippen MR) is 42.3 cm³/mol. The Morgan fingerprint density at radius 3 is 2.90 bits per heavy atom. The van der Waals surface area contributed by atoms with E-state index in [-0.39, 0.29) is 0 Å². The second-order valence-electron chi connectivity index (χ2n) is 2.05. The van der Waals surface area contributed by atoms with E-state index < -0.39 is 0 Å². The standard InChI is InChI=1S/C7H11N3/c1-3-5-9-6-8-10(4-2)7-9/h3-4,6H,1-2,5,7H2. The first kappa shape index (κ1) is 6.86. The number of nitrogens with zero attached hydrogens (tertiary/aromatic N) is 3. The number of hydrogen-bond donors (Lipinski definition) is 0. The normalized spacial score (nSPS) is 16.0. The van der Waals surface area contributed by atoms with Crippen molar-refractivity contribution in [1.29, 1.82) is 0 Å². The van der Waals surface area contributed by atoms with Gasteiger partial charge in [-0.1, -0.05) is 12.7 Å². The number of hydrogen-bond acceptors (Lipinski definition) is 3. The third kappa shape index (κ3) is 1.37. The zero-order chi connectivity index (χ0) is 7.40. The van der Waals surface area contributed by atoms with Crippen LogP contribution in [0.15, 0.2) is 30.5 Å². The van der Waals surface area contributed by atoms with Gasteiger partial charge >= 0.3 is 0 Å². The molecule has 0 atom stereocenters. The minimum atomic E-state index is 0.787. The van der Waals surface area contributed by atoms with Gasteiger partial charge in [0, 0.05) is 12.7 Å². The highest BCUT2D eigenvalue weighted by atomic mass is 15.6. The van der Waals surface area contributed by atoms with E-state index in [1.807, 2.05) is 11.0 Å². The molecule has 54 valence electrons. The molecule has 0 spiro atoms. The molecule has 0 aromatic heterocycles. The monoisotopic (exact) mass is 137 g/mol. The van der Waals surface area contributed by atoms with E-state index in [1.54, 1.807) is 17.5 Å². The molecular weight excluding hydrogens is 126 g/mol. The molecule has 0 aliphatic carbocycles. The van der Waals surface area contributed by atoms with Crippen LogP contribution in [-0.4, -0.2) is 29.5 Å². The van der Waals surface area contributed by atoms with Gasteiger partial charge in [0.05, 0.1) is 0 Å². The van der Waals surface area contributed by atoms with Crippen molar-refractivity contribution in [2.45, 2.75) is 0 Å². The molecule has 0 bridgehead atoms. The Morgan fingerprint density at radius 1 is 1.60 bits per heavy atom. The van der Waals surface area contributed by atoms with E-state index in [2.05, 4.69) is 18.3 Å². The van der Waals surface area contributed by atoms with Crippen molar-refractivity contribution in [2.75, 3.05) is 13.2 Å². The molecule has 3 heteroatoms. The van der Waals surface area contributed by atoms with Gasteiger partial charge in [-0.05, 0) is 0 Å². The molecule has 1 rings (SSSR count). The van der Waals surface area contributed by atoms with Crippen LogP contribution < -0.4 is 0 Å². The van der Waals surface area contributed by atoms with E-state index in [1.165, 1.54) is 0 Å². The summed E-state index contributed by atoms with van der Waals surface area (Å²) < 4.78 is 0. The molecule has 1 aliphatic rings. The SMILES string of the molecule is C=CCN1C=NN(C=C)C1. The van der Waals surface area contributed by atoms with Gasteiger partial charge in [0.25, 0.3) is 0 Å². The van der Waals surface area contributed by atoms with E-state index in [0.29, 0.717) is 0 Å². The van der Waals surface area contributed by atoms with E-state index in [9.17, 15) is 0 Å². The Kier molecular flexibility index (Phi) is 2.10. The van der Waals surface area contributed by atoms with Gasteiger partial charge in [-0.15, -0.1) is 6.58 Å². The van der Waals surface area contributed by atoms with Crippen LogP contribution in [0.4, 0.5) is 0 Å². The lowest BCUT2D eigenvalue weighted by molar-refractivity contribution is 0.322. The summed E-state index contributed by atoms with van der Waals surface area (Å²) in [7, 11) is 0. The highest BCUT2D eigenvalue weighted by molar-refractivity contribution is 5.56. The molecule has 0 saturated heterocycles. The van der Waals surface area contributed by atoms with Gasteiger partial charge in [-0.2, -0.15) is 5.10 Å². The summed E-state index contributed by atoms with van der Waals surface area (Å²) in [6, 6.07) is 0. The fourth-order valence-corrected chi connectivity index (χ4v) is 0.774. The maximum atomic E-state index is 4.02. The van der Waals surface area contributed by atoms with Gasteiger partial charge < -0.3 is 4.90 Å². The van der Waals surface area contributed by atoms with Crippen molar-refractivity contribution < 1.29 is 0 Å². The van der Waals surface area contributed by atoms with Crippen molar-refractivity contribution in [3.63, 3.8) is 0 Å². The zero-order valence-corrected chi connectivity index (χ0v) is 5.90. The summed E-state index contributed by atoms with van der Waals surface area (Å²) in [5.41, 5.74) is 0. The van der Waals surface area contributed by atoms with Crippen molar-refractivity contribution in [1.82, 2.24) is 9.91 Å². The first-order valence-corrected chi connectivity index (χ1v) is 3.15. The van der Waals surface area contributed by atoms with Crippen LogP contribution in [-0.2, 0) is 0 Å². The van der Waals surface area contributed by atoms with Crippen LogP contribution in [0.2, 0.25) is 0 Å². The highest BCUT2D eigenvalue weighted by Crippen LogP contribution is 2.00. The summed E-state index contributed by atoms with van der Waals surface area (Å²) >= 11 is 0. The minimum absolute atomic E-state index is 0.787. The van der Waals surface area contributed by atoms with Crippen molar-refractivity contribution >= 4 is 6.34 Å². The molecule has 10 heavy (non-hydrogen) atoms. The summed E-state index contributed by atoms with van der Waals surface area (Å²) in [4.78, 5) is 2.04. The van der Waals surface area contributed by atoms with E-state index in [4.69, 9.17) is 0 Å². The molecule has 0 radical (unpaired) electrons. The summed E-state index contributed by atoms with van der Waals surface area (Å²) in [6.45, 7) is 8.85. The molecule has 1 heterocycles. The van der Waals surface area contributed by atoms with Gasteiger partial charge in [0.2, 0.25) is 0 Å². The zero-order valence-electron chi connectivity index (χ0n) is 5.90. The van der Waals surface area contributed by atoms with Gasteiger partial charge in [0.15, 0.2) is 0 Å². The summed E-state index contributed by atoms with van der Waals surface area (Å²) in [5.74, 6) is 0. The van der Waals surface area contributed by atoms with Crippen LogP contribution in [0.3, 0.4) is 0 Å². The van der Waals surface area contributed by atoms with Crippen molar-refractivity contribution in [2.24, 2.45) is 5.10 Å². The lowest BCUT2D eigenvalue weighted by Crippen LogP contribution is -2.23. The third-order valence-corrected chi connectivity index (χ3v) is 1.26. The van der Waals surface area contributed by atoms with Crippen LogP contribution in [0.1, 0.15) is 0 Å². The Bertz CT molecular complexity index is 162. The van der Waals surface area contributed by atoms with Crippen LogP contribution in [0, 0.1) is 0 Å². The molecule has 0 aromatic carbocycles. The maximum absolute atomic E-state index is 4.02. The maximum Gasteiger partial charge on any atom is 0.113 e. The summed E-state index contributed by atoms with van der Waals surface area (Å²) in [5, 5.41) is 5.79. The number of hydrazone groups is 1. The Balaban J connectivity index is 2.36. The predicted octanol–water partition coefficient (Wildman–Crippen LogP) is 0.834. The highest BCUT2D eigenvalue weighted by Gasteiger charge is 2.07. The first-order valence-electron chi connectivity index (χ1n) is 3.15. The average Bonchev–Trinajstić information content (AvgIpc) is 2.37. The van der Waals surface area contributed by atoms with Gasteiger partial charge in [-0.3, -0.25) is 5.01 Å². The van der Waals surface area contributed by atoms with Gasteiger partial charge in [-0.25, -0.2) is 0 Å². The van der Waals surface area contributed by atoms with Crippen molar-refractivity contribution in [3.05, 3.63) is 25.4 Å². The van der Waals surface area contributed by atoms with E-state index >= 15 is 0 Å². The largest absolute Gasteiger partial charge is 0.338 e. The topological polar surface area (TPSA) is 18.8 Å². The average molecular weight is 137 g/mol. The molecule has 0 fully saturated rings. The molecule has 0 N–H and O–H groups in total. The molecule has 0 aromatic rings. The second kappa shape index (κ2) is 3.06. The minimum Gasteiger partial charge on any atom is -0.338 e. The molecular formula is C7H11N3. The van der Waals surface area contributed by atoms with Crippen LogP contribution >= 0.6 is 0 Å². The molecule has 0 amide bonds. The fraction of sp³-hybridized carbons (Fsp3) is 0.286. The number of rotatable bonds is 3. The Hall–Kier alpha value is -1.25. The van der Waals surface area contributed by atoms with Crippen molar-refractivity contribution in [3.8, 4) is 0 Å². The Labute approximate surface area is 60.9 Å². The molecule has 3 nitrogen and oxygen atoms in total. The molecule has 0 saturated carbocycles. The Morgan fingerprint density at radius 2 is 2.40 bits per heavy atom. The lowest BCUT2D eigenvalue weighted by atomic mass is 10.6. The first-order chi connectivity index (χ1) is 4.86.